The smallest absolute Gasteiger partial charge is 0.148 e. The second-order valence-electron chi connectivity index (χ2n) is 5.45. The van der Waals surface area contributed by atoms with Crippen molar-refractivity contribution in [1.29, 1.82) is 0 Å². The summed E-state index contributed by atoms with van der Waals surface area (Å²) in [6, 6.07) is 4.58. The van der Waals surface area contributed by atoms with E-state index in [0.29, 0.717) is 11.6 Å². The van der Waals surface area contributed by atoms with Crippen LogP contribution in [0, 0.1) is 6.92 Å². The van der Waals surface area contributed by atoms with Crippen molar-refractivity contribution in [1.82, 2.24) is 15.5 Å². The number of nitrogens with one attached hydrogen (secondary N) is 2. The van der Waals surface area contributed by atoms with E-state index in [1.165, 1.54) is 32.1 Å². The summed E-state index contributed by atoms with van der Waals surface area (Å²) in [5.74, 6) is 0.914. The van der Waals surface area contributed by atoms with Crippen LogP contribution in [0.4, 0.5) is 5.82 Å². The molecule has 92 valence electrons. The van der Waals surface area contributed by atoms with Crippen molar-refractivity contribution in [3.05, 3.63) is 17.8 Å². The minimum Gasteiger partial charge on any atom is -0.366 e. The van der Waals surface area contributed by atoms with Crippen molar-refractivity contribution in [2.75, 3.05) is 11.9 Å². The van der Waals surface area contributed by atoms with Crippen molar-refractivity contribution >= 4 is 5.82 Å². The molecule has 1 aliphatic carbocycles. The molecule has 0 radical (unpaired) electrons. The number of hydrogen-bond donors (Lipinski definition) is 2. The molecule has 2 heterocycles. The lowest BCUT2D eigenvalue weighted by Gasteiger charge is -2.48. The maximum atomic E-state index is 4.18. The van der Waals surface area contributed by atoms with Crippen LogP contribution in [-0.2, 0) is 0 Å². The van der Waals surface area contributed by atoms with Crippen molar-refractivity contribution in [3.63, 3.8) is 0 Å². The van der Waals surface area contributed by atoms with Gasteiger partial charge in [0.05, 0.1) is 5.69 Å². The minimum atomic E-state index is 0.439. The molecule has 0 amide bonds. The van der Waals surface area contributed by atoms with Gasteiger partial charge in [-0.1, -0.05) is 0 Å². The summed E-state index contributed by atoms with van der Waals surface area (Å²) in [5.41, 5.74) is 1.41. The van der Waals surface area contributed by atoms with E-state index in [9.17, 15) is 0 Å². The lowest BCUT2D eigenvalue weighted by Crippen LogP contribution is -2.58. The largest absolute Gasteiger partial charge is 0.366 e. The topological polar surface area (TPSA) is 49.8 Å². The monoisotopic (exact) mass is 232 g/mol. The molecule has 1 aromatic heterocycles. The Bertz CT molecular complexity index is 383. The van der Waals surface area contributed by atoms with Crippen LogP contribution in [0.2, 0.25) is 0 Å². The van der Waals surface area contributed by atoms with Gasteiger partial charge in [-0.3, -0.25) is 0 Å². The zero-order valence-corrected chi connectivity index (χ0v) is 10.4. The number of hydrogen-bond acceptors (Lipinski definition) is 4. The Kier molecular flexibility index (Phi) is 2.74. The molecule has 2 N–H and O–H groups in total. The summed E-state index contributed by atoms with van der Waals surface area (Å²) in [7, 11) is 0. The molecule has 4 heteroatoms. The Morgan fingerprint density at radius 3 is 2.88 bits per heavy atom. The molecule has 1 atom stereocenters. The maximum absolute atomic E-state index is 4.18. The molecule has 1 unspecified atom stereocenters. The summed E-state index contributed by atoms with van der Waals surface area (Å²) in [5, 5.41) is 15.5. The number of piperidine rings is 1. The van der Waals surface area contributed by atoms with E-state index in [-0.39, 0.29) is 0 Å². The molecule has 1 saturated carbocycles. The molecule has 0 bridgehead atoms. The zero-order valence-electron chi connectivity index (χ0n) is 10.4. The number of aromatic nitrogens is 2. The van der Waals surface area contributed by atoms with E-state index < -0.39 is 0 Å². The quantitative estimate of drug-likeness (QED) is 0.817. The van der Waals surface area contributed by atoms with Crippen LogP contribution in [0.1, 0.15) is 37.8 Å². The normalized spacial score (nSPS) is 26.5. The lowest BCUT2D eigenvalue weighted by molar-refractivity contribution is 0.135. The molecule has 1 saturated heterocycles. The van der Waals surface area contributed by atoms with Gasteiger partial charge in [0.25, 0.3) is 0 Å². The first-order valence-electron chi connectivity index (χ1n) is 6.58. The van der Waals surface area contributed by atoms with Crippen molar-refractivity contribution < 1.29 is 0 Å². The third kappa shape index (κ3) is 2.27. The summed E-state index contributed by atoms with van der Waals surface area (Å²) in [4.78, 5) is 0. The molecule has 4 nitrogen and oxygen atoms in total. The number of nitrogens with zero attached hydrogens (tertiary/aromatic N) is 2. The van der Waals surface area contributed by atoms with E-state index in [1.54, 1.807) is 0 Å². The van der Waals surface area contributed by atoms with Gasteiger partial charge in [0.2, 0.25) is 0 Å². The van der Waals surface area contributed by atoms with Crippen LogP contribution in [-0.4, -0.2) is 28.3 Å². The Morgan fingerprint density at radius 1 is 1.35 bits per heavy atom. The van der Waals surface area contributed by atoms with E-state index in [1.807, 2.05) is 19.1 Å². The second kappa shape index (κ2) is 4.26. The zero-order chi connectivity index (χ0) is 11.7. The Labute approximate surface area is 102 Å². The molecule has 1 aliphatic heterocycles. The average molecular weight is 232 g/mol. The van der Waals surface area contributed by atoms with Gasteiger partial charge in [0.1, 0.15) is 5.82 Å². The maximum Gasteiger partial charge on any atom is 0.148 e. The minimum absolute atomic E-state index is 0.439. The average Bonchev–Trinajstić information content (AvgIpc) is 2.31. The summed E-state index contributed by atoms with van der Waals surface area (Å²) >= 11 is 0. The van der Waals surface area contributed by atoms with Crippen LogP contribution in [0.15, 0.2) is 12.1 Å². The Morgan fingerprint density at radius 2 is 2.24 bits per heavy atom. The van der Waals surface area contributed by atoms with E-state index >= 15 is 0 Å². The number of rotatable bonds is 2. The Balaban J connectivity index is 1.63. The molecule has 3 rings (SSSR count). The van der Waals surface area contributed by atoms with Gasteiger partial charge in [-0.05, 0) is 57.7 Å². The van der Waals surface area contributed by atoms with Crippen molar-refractivity contribution in [3.8, 4) is 0 Å². The summed E-state index contributed by atoms with van der Waals surface area (Å²) < 4.78 is 0. The second-order valence-corrected chi connectivity index (χ2v) is 5.45. The fourth-order valence-electron chi connectivity index (χ4n) is 2.95. The molecule has 2 fully saturated rings. The first kappa shape index (κ1) is 11.0. The standard InChI is InChI=1S/C13H20N4/c1-10-3-4-12(17-16-10)15-11-5-8-14-13(9-11)6-2-7-13/h3-4,11,14H,2,5-9H2,1H3,(H,15,17). The van der Waals surface area contributed by atoms with Crippen LogP contribution in [0.25, 0.3) is 0 Å². The van der Waals surface area contributed by atoms with Gasteiger partial charge in [0, 0.05) is 11.6 Å². The highest BCUT2D eigenvalue weighted by molar-refractivity contribution is 5.34. The molecular weight excluding hydrogens is 212 g/mol. The molecule has 1 aromatic rings. The fourth-order valence-corrected chi connectivity index (χ4v) is 2.95. The fraction of sp³-hybridized carbons (Fsp3) is 0.692. The molecule has 2 aliphatic rings. The number of aryl methyl sites for hydroxylation is 1. The highest BCUT2D eigenvalue weighted by atomic mass is 15.2. The van der Waals surface area contributed by atoms with Gasteiger partial charge < -0.3 is 10.6 Å². The molecule has 0 aromatic carbocycles. The first-order chi connectivity index (χ1) is 8.26. The number of anilines is 1. The SMILES string of the molecule is Cc1ccc(NC2CCNC3(CCC3)C2)nn1. The van der Waals surface area contributed by atoms with E-state index in [0.717, 1.165) is 18.1 Å². The van der Waals surface area contributed by atoms with Gasteiger partial charge in [-0.25, -0.2) is 0 Å². The van der Waals surface area contributed by atoms with E-state index in [2.05, 4.69) is 20.8 Å². The first-order valence-corrected chi connectivity index (χ1v) is 6.58. The molecular formula is C13H20N4. The van der Waals surface area contributed by atoms with Crippen molar-refractivity contribution in [2.24, 2.45) is 0 Å². The van der Waals surface area contributed by atoms with Gasteiger partial charge in [-0.2, -0.15) is 5.10 Å². The van der Waals surface area contributed by atoms with Gasteiger partial charge in [-0.15, -0.1) is 5.10 Å². The predicted molar refractivity (Wildman–Crippen MR) is 68.0 cm³/mol. The molecule has 17 heavy (non-hydrogen) atoms. The van der Waals surface area contributed by atoms with Crippen LogP contribution >= 0.6 is 0 Å². The third-order valence-corrected chi connectivity index (χ3v) is 4.09. The van der Waals surface area contributed by atoms with Crippen LogP contribution in [0.3, 0.4) is 0 Å². The lowest BCUT2D eigenvalue weighted by atomic mass is 9.70. The Hall–Kier alpha value is -1.16. The van der Waals surface area contributed by atoms with Crippen molar-refractivity contribution in [2.45, 2.75) is 50.6 Å². The summed E-state index contributed by atoms with van der Waals surface area (Å²) in [6.45, 7) is 3.08. The van der Waals surface area contributed by atoms with Gasteiger partial charge >= 0.3 is 0 Å². The van der Waals surface area contributed by atoms with Crippen LogP contribution < -0.4 is 10.6 Å². The third-order valence-electron chi connectivity index (χ3n) is 4.09. The van der Waals surface area contributed by atoms with Crippen LogP contribution in [0.5, 0.6) is 0 Å². The predicted octanol–water partition coefficient (Wildman–Crippen LogP) is 1.87. The van der Waals surface area contributed by atoms with Gasteiger partial charge in [0.15, 0.2) is 0 Å². The highest BCUT2D eigenvalue weighted by Gasteiger charge is 2.40. The summed E-state index contributed by atoms with van der Waals surface area (Å²) in [6.07, 6.45) is 6.46. The van der Waals surface area contributed by atoms with E-state index in [4.69, 9.17) is 0 Å². The highest BCUT2D eigenvalue weighted by Crippen LogP contribution is 2.38. The molecule has 1 spiro atoms.